The van der Waals surface area contributed by atoms with Crippen LogP contribution >= 0.6 is 29.7 Å². The van der Waals surface area contributed by atoms with Gasteiger partial charge in [0.05, 0.1) is 0 Å². The van der Waals surface area contributed by atoms with E-state index in [2.05, 4.69) is 5.10 Å². The van der Waals surface area contributed by atoms with E-state index in [1.54, 1.807) is 13.7 Å². The van der Waals surface area contributed by atoms with Gasteiger partial charge in [-0.25, -0.2) is 0 Å². The van der Waals surface area contributed by atoms with Crippen LogP contribution in [0.3, 0.4) is 0 Å². The molecule has 1 rings (SSSR count). The summed E-state index contributed by atoms with van der Waals surface area (Å²) in [5.41, 5.74) is 0. The predicted octanol–water partition coefficient (Wildman–Crippen LogP) is 2.69. The molecule has 1 aromatic heterocycles. The van der Waals surface area contributed by atoms with Crippen molar-refractivity contribution in [2.75, 3.05) is 13.8 Å². The zero-order chi connectivity index (χ0) is 10.9. The van der Waals surface area contributed by atoms with Crippen LogP contribution < -0.4 is 4.52 Å². The third-order valence-electron chi connectivity index (χ3n) is 1.48. The van der Waals surface area contributed by atoms with Gasteiger partial charge in [-0.1, -0.05) is 23.2 Å². The molecule has 14 heavy (non-hydrogen) atoms. The molecule has 0 fully saturated rings. The van der Waals surface area contributed by atoms with Crippen LogP contribution in [-0.2, 0) is 23.4 Å². The predicted molar refractivity (Wildman–Crippen MR) is 61.1 cm³/mol. The third kappa shape index (κ3) is 2.61. The van der Waals surface area contributed by atoms with Gasteiger partial charge in [0, 0.05) is 20.8 Å². The molecular weight excluding hydrogens is 266 g/mol. The van der Waals surface area contributed by atoms with Crippen molar-refractivity contribution in [3.05, 3.63) is 10.2 Å². The second kappa shape index (κ2) is 4.37. The molecule has 4 nitrogen and oxygen atoms in total. The minimum absolute atomic E-state index is 0.215. The average Bonchev–Trinajstić information content (AvgIpc) is 2.33. The molecule has 1 unspecified atom stereocenters. The minimum Gasteiger partial charge on any atom is -0.423 e. The summed E-state index contributed by atoms with van der Waals surface area (Å²) in [5, 5.41) is 4.52. The van der Waals surface area contributed by atoms with E-state index in [4.69, 9.17) is 44.1 Å². The Balaban J connectivity index is 2.99. The van der Waals surface area contributed by atoms with Crippen LogP contribution in [0.2, 0.25) is 10.2 Å². The number of rotatable bonds is 3. The van der Waals surface area contributed by atoms with Crippen molar-refractivity contribution < 1.29 is 9.05 Å². The first kappa shape index (κ1) is 12.3. The van der Waals surface area contributed by atoms with Crippen molar-refractivity contribution in [2.24, 2.45) is 7.05 Å². The summed E-state index contributed by atoms with van der Waals surface area (Å²) in [6.45, 7) is -0.633. The summed E-state index contributed by atoms with van der Waals surface area (Å²) >= 11 is 16.7. The van der Waals surface area contributed by atoms with Crippen LogP contribution in [0.4, 0.5) is 0 Å². The Hall–Kier alpha value is 0.200. The quantitative estimate of drug-likeness (QED) is 0.795. The van der Waals surface area contributed by atoms with Gasteiger partial charge >= 0.3 is 0 Å². The van der Waals surface area contributed by atoms with Gasteiger partial charge in [0.2, 0.25) is 6.49 Å². The van der Waals surface area contributed by atoms with E-state index in [1.807, 2.05) is 0 Å². The molecule has 0 spiro atoms. The Morgan fingerprint density at radius 2 is 2.07 bits per heavy atom. The van der Waals surface area contributed by atoms with Gasteiger partial charge in [-0.3, -0.25) is 4.68 Å². The molecule has 0 radical (unpaired) electrons. The van der Waals surface area contributed by atoms with Gasteiger partial charge in [-0.15, -0.1) is 5.10 Å². The largest absolute Gasteiger partial charge is 0.423 e. The number of nitrogens with zero attached hydrogens (tertiary/aromatic N) is 2. The highest BCUT2D eigenvalue weighted by Crippen LogP contribution is 2.46. The van der Waals surface area contributed by atoms with Gasteiger partial charge in [0.15, 0.2) is 0 Å². The number of hydrogen-bond acceptors (Lipinski definition) is 4. The Kier molecular flexibility index (Phi) is 3.83. The van der Waals surface area contributed by atoms with E-state index < -0.39 is 6.49 Å². The minimum atomic E-state index is -2.31. The highest BCUT2D eigenvalue weighted by atomic mass is 35.5. The number of halogens is 2. The summed E-state index contributed by atoms with van der Waals surface area (Å²) in [4.78, 5) is 0. The summed E-state index contributed by atoms with van der Waals surface area (Å²) in [7, 11) is 3.15. The van der Waals surface area contributed by atoms with Crippen molar-refractivity contribution in [1.29, 1.82) is 0 Å². The Bertz CT molecular complexity index is 395. The average molecular weight is 275 g/mol. The molecule has 1 aromatic rings. The molecular formula is C6H9Cl2N2O2PS. The second-order valence-electron chi connectivity index (χ2n) is 2.58. The SMILES string of the molecule is COP(C)(=S)Oc1nn(C)c(Cl)c1Cl. The fourth-order valence-corrected chi connectivity index (χ4v) is 1.81. The Morgan fingerprint density at radius 1 is 1.50 bits per heavy atom. The molecule has 0 aliphatic heterocycles. The van der Waals surface area contributed by atoms with E-state index in [1.165, 1.54) is 11.8 Å². The Morgan fingerprint density at radius 3 is 2.43 bits per heavy atom. The molecule has 0 amide bonds. The van der Waals surface area contributed by atoms with Crippen LogP contribution in [0.5, 0.6) is 5.88 Å². The molecule has 1 atom stereocenters. The first-order chi connectivity index (χ1) is 6.37. The van der Waals surface area contributed by atoms with Gasteiger partial charge in [0.1, 0.15) is 10.2 Å². The Labute approximate surface area is 97.3 Å². The molecule has 0 saturated carbocycles. The zero-order valence-corrected chi connectivity index (χ0v) is 11.0. The van der Waals surface area contributed by atoms with Crippen molar-refractivity contribution >= 4 is 41.5 Å². The van der Waals surface area contributed by atoms with E-state index in [-0.39, 0.29) is 10.9 Å². The van der Waals surface area contributed by atoms with E-state index in [0.29, 0.717) is 5.15 Å². The van der Waals surface area contributed by atoms with Crippen LogP contribution in [0.15, 0.2) is 0 Å². The summed E-state index contributed by atoms with van der Waals surface area (Å²) < 4.78 is 11.7. The van der Waals surface area contributed by atoms with E-state index >= 15 is 0 Å². The topological polar surface area (TPSA) is 36.3 Å². The van der Waals surface area contributed by atoms with Gasteiger partial charge < -0.3 is 9.05 Å². The first-order valence-electron chi connectivity index (χ1n) is 3.58. The van der Waals surface area contributed by atoms with Crippen molar-refractivity contribution in [3.63, 3.8) is 0 Å². The zero-order valence-electron chi connectivity index (χ0n) is 7.82. The first-order valence-corrected chi connectivity index (χ1v) is 7.42. The highest BCUT2D eigenvalue weighted by Gasteiger charge is 2.19. The number of hydrogen-bond donors (Lipinski definition) is 0. The molecule has 0 aromatic carbocycles. The fourth-order valence-electron chi connectivity index (χ4n) is 0.707. The maximum atomic E-state index is 5.85. The molecule has 0 aliphatic carbocycles. The van der Waals surface area contributed by atoms with Crippen LogP contribution in [0, 0.1) is 0 Å². The summed E-state index contributed by atoms with van der Waals surface area (Å²) in [5.74, 6) is 0.215. The maximum Gasteiger partial charge on any atom is 0.258 e. The lowest BCUT2D eigenvalue weighted by Crippen LogP contribution is -1.95. The second-order valence-corrected chi connectivity index (χ2v) is 7.39. The normalized spacial score (nSPS) is 15.2. The van der Waals surface area contributed by atoms with Crippen LogP contribution in [0.1, 0.15) is 0 Å². The lowest BCUT2D eigenvalue weighted by molar-refractivity contribution is 0.391. The van der Waals surface area contributed by atoms with Crippen molar-refractivity contribution in [1.82, 2.24) is 9.78 Å². The lowest BCUT2D eigenvalue weighted by atomic mass is 10.7. The molecule has 80 valence electrons. The maximum absolute atomic E-state index is 5.85. The molecule has 0 aliphatic rings. The molecule has 1 heterocycles. The van der Waals surface area contributed by atoms with Crippen molar-refractivity contribution in [2.45, 2.75) is 0 Å². The van der Waals surface area contributed by atoms with E-state index in [0.717, 1.165) is 0 Å². The van der Waals surface area contributed by atoms with Gasteiger partial charge in [-0.2, -0.15) is 0 Å². The fraction of sp³-hybridized carbons (Fsp3) is 0.500. The molecule has 0 bridgehead atoms. The summed E-state index contributed by atoms with van der Waals surface area (Å²) in [6, 6.07) is 0. The van der Waals surface area contributed by atoms with Gasteiger partial charge in [0.25, 0.3) is 5.88 Å². The standard InChI is InChI=1S/C6H9Cl2N2O2PS/c1-10-5(8)4(7)6(9-10)12-13(3,14)11-2/h1-3H3. The monoisotopic (exact) mass is 274 g/mol. The molecule has 0 N–H and O–H groups in total. The smallest absolute Gasteiger partial charge is 0.258 e. The number of aromatic nitrogens is 2. The lowest BCUT2D eigenvalue weighted by Gasteiger charge is -2.13. The summed E-state index contributed by atoms with van der Waals surface area (Å²) in [6.07, 6.45) is 0. The van der Waals surface area contributed by atoms with E-state index in [9.17, 15) is 0 Å². The van der Waals surface area contributed by atoms with Crippen LogP contribution in [0.25, 0.3) is 0 Å². The number of aryl methyl sites for hydroxylation is 1. The molecule has 8 heteroatoms. The molecule has 0 saturated heterocycles. The van der Waals surface area contributed by atoms with Gasteiger partial charge in [-0.05, 0) is 11.8 Å². The van der Waals surface area contributed by atoms with Crippen molar-refractivity contribution in [3.8, 4) is 5.88 Å². The third-order valence-corrected chi connectivity index (χ3v) is 4.19. The highest BCUT2D eigenvalue weighted by molar-refractivity contribution is 8.09. The van der Waals surface area contributed by atoms with Crippen LogP contribution in [-0.4, -0.2) is 23.6 Å².